The summed E-state index contributed by atoms with van der Waals surface area (Å²) in [5.41, 5.74) is 1.89. The first-order valence-corrected chi connectivity index (χ1v) is 4.33. The summed E-state index contributed by atoms with van der Waals surface area (Å²) in [6, 6.07) is 5.63. The van der Waals surface area contributed by atoms with Crippen LogP contribution in [0.2, 0.25) is 0 Å². The van der Waals surface area contributed by atoms with Gasteiger partial charge >= 0.3 is 0 Å². The highest BCUT2D eigenvalue weighted by Gasteiger charge is 2.13. The molecule has 0 saturated heterocycles. The van der Waals surface area contributed by atoms with Gasteiger partial charge in [0.05, 0.1) is 0 Å². The van der Waals surface area contributed by atoms with Crippen LogP contribution in [0.4, 0.5) is 0 Å². The van der Waals surface area contributed by atoms with Crippen molar-refractivity contribution in [1.82, 2.24) is 0 Å². The molecule has 72 valence electrons. The zero-order chi connectivity index (χ0) is 9.97. The van der Waals surface area contributed by atoms with Gasteiger partial charge in [-0.3, -0.25) is 4.79 Å². The van der Waals surface area contributed by atoms with E-state index in [0.29, 0.717) is 0 Å². The van der Waals surface area contributed by atoms with Gasteiger partial charge in [0, 0.05) is 0 Å². The number of fused-ring (bicyclic) bond motifs is 1. The highest BCUT2D eigenvalue weighted by Crippen LogP contribution is 2.34. The van der Waals surface area contributed by atoms with Crippen LogP contribution in [0.5, 0.6) is 11.5 Å². The average Bonchev–Trinajstić information content (AvgIpc) is 2.64. The molecule has 3 nitrogen and oxygen atoms in total. The highest BCUT2D eigenvalue weighted by molar-refractivity contribution is 5.81. The summed E-state index contributed by atoms with van der Waals surface area (Å²) in [4.78, 5) is 10.3. The number of carbonyl (C=O) groups is 1. The van der Waals surface area contributed by atoms with E-state index in [4.69, 9.17) is 9.47 Å². The molecule has 0 unspecified atom stereocenters. The average molecular weight is 190 g/mol. The number of allylic oxidation sites excluding steroid dienone is 2. The quantitative estimate of drug-likeness (QED) is 0.528. The van der Waals surface area contributed by atoms with Crippen LogP contribution in [-0.4, -0.2) is 13.1 Å². The Labute approximate surface area is 81.9 Å². The molecule has 0 atom stereocenters. The van der Waals surface area contributed by atoms with Crippen molar-refractivity contribution in [2.45, 2.75) is 6.92 Å². The molecular weight excluding hydrogens is 180 g/mol. The van der Waals surface area contributed by atoms with Crippen molar-refractivity contribution in [1.29, 1.82) is 0 Å². The van der Waals surface area contributed by atoms with Crippen molar-refractivity contribution >= 4 is 11.9 Å². The van der Waals surface area contributed by atoms with Gasteiger partial charge in [-0.15, -0.1) is 0 Å². The Balaban J connectivity index is 2.37. The summed E-state index contributed by atoms with van der Waals surface area (Å²) in [5, 5.41) is 0. The number of ether oxygens (including phenoxy) is 2. The number of benzene rings is 1. The standard InChI is InChI=1S/C11H10O3/c1-8(4-5-12)9-2-3-10-11(6-9)14-7-13-10/h2-6H,7H2,1H3/b8-4+. The molecule has 0 N–H and O–H groups in total. The third-order valence-electron chi connectivity index (χ3n) is 2.15. The van der Waals surface area contributed by atoms with E-state index in [2.05, 4.69) is 0 Å². The zero-order valence-corrected chi connectivity index (χ0v) is 7.82. The second-order valence-electron chi connectivity index (χ2n) is 3.05. The first kappa shape index (κ1) is 8.81. The van der Waals surface area contributed by atoms with Crippen LogP contribution in [0.3, 0.4) is 0 Å². The van der Waals surface area contributed by atoms with Gasteiger partial charge in [-0.25, -0.2) is 0 Å². The van der Waals surface area contributed by atoms with Crippen LogP contribution < -0.4 is 9.47 Å². The maximum atomic E-state index is 10.3. The molecule has 0 amide bonds. The smallest absolute Gasteiger partial charge is 0.231 e. The maximum absolute atomic E-state index is 10.3. The molecule has 0 aromatic heterocycles. The molecule has 0 radical (unpaired) electrons. The minimum atomic E-state index is 0.273. The molecular formula is C11H10O3. The zero-order valence-electron chi connectivity index (χ0n) is 7.82. The second-order valence-corrected chi connectivity index (χ2v) is 3.05. The summed E-state index contributed by atoms with van der Waals surface area (Å²) < 4.78 is 10.4. The monoisotopic (exact) mass is 190 g/mol. The van der Waals surface area contributed by atoms with Gasteiger partial charge in [-0.2, -0.15) is 0 Å². The summed E-state index contributed by atoms with van der Waals surface area (Å²) in [7, 11) is 0. The number of carbonyl (C=O) groups excluding carboxylic acids is 1. The van der Waals surface area contributed by atoms with E-state index in [-0.39, 0.29) is 6.79 Å². The van der Waals surface area contributed by atoms with E-state index in [9.17, 15) is 4.79 Å². The minimum Gasteiger partial charge on any atom is -0.454 e. The van der Waals surface area contributed by atoms with Crippen molar-refractivity contribution in [3.8, 4) is 11.5 Å². The number of hydrogen-bond acceptors (Lipinski definition) is 3. The lowest BCUT2D eigenvalue weighted by atomic mass is 10.1. The van der Waals surface area contributed by atoms with Crippen molar-refractivity contribution in [2.24, 2.45) is 0 Å². The van der Waals surface area contributed by atoms with Crippen molar-refractivity contribution in [2.75, 3.05) is 6.79 Å². The topological polar surface area (TPSA) is 35.5 Å². The fourth-order valence-electron chi connectivity index (χ4n) is 1.34. The summed E-state index contributed by atoms with van der Waals surface area (Å²) in [6.07, 6.45) is 2.30. The van der Waals surface area contributed by atoms with Crippen molar-refractivity contribution in [3.63, 3.8) is 0 Å². The Bertz CT molecular complexity index is 394. The first-order valence-electron chi connectivity index (χ1n) is 4.33. The molecule has 2 rings (SSSR count). The van der Waals surface area contributed by atoms with Gasteiger partial charge in [-0.05, 0) is 36.3 Å². The van der Waals surface area contributed by atoms with Crippen LogP contribution in [0.25, 0.3) is 5.57 Å². The fourth-order valence-corrected chi connectivity index (χ4v) is 1.34. The second kappa shape index (κ2) is 3.54. The van der Waals surface area contributed by atoms with Crippen LogP contribution >= 0.6 is 0 Å². The van der Waals surface area contributed by atoms with Crippen molar-refractivity contribution < 1.29 is 14.3 Å². The third kappa shape index (κ3) is 1.48. The molecule has 1 aliphatic rings. The van der Waals surface area contributed by atoms with E-state index in [1.54, 1.807) is 0 Å². The lowest BCUT2D eigenvalue weighted by Crippen LogP contribution is -1.92. The molecule has 1 aromatic rings. The molecule has 3 heteroatoms. The molecule has 0 bridgehead atoms. The predicted octanol–water partition coefficient (Wildman–Crippen LogP) is 2.02. The van der Waals surface area contributed by atoms with Gasteiger partial charge in [0.15, 0.2) is 11.5 Å². The van der Waals surface area contributed by atoms with E-state index >= 15 is 0 Å². The minimum absolute atomic E-state index is 0.273. The van der Waals surface area contributed by atoms with Gasteiger partial charge in [0.2, 0.25) is 6.79 Å². The molecule has 0 fully saturated rings. The molecule has 0 spiro atoms. The molecule has 14 heavy (non-hydrogen) atoms. The van der Waals surface area contributed by atoms with E-state index < -0.39 is 0 Å². The van der Waals surface area contributed by atoms with Crippen LogP contribution in [0.1, 0.15) is 12.5 Å². The van der Waals surface area contributed by atoms with Gasteiger partial charge in [0.1, 0.15) is 6.29 Å². The van der Waals surface area contributed by atoms with Crippen LogP contribution in [0.15, 0.2) is 24.3 Å². The van der Waals surface area contributed by atoms with Gasteiger partial charge < -0.3 is 9.47 Å². The van der Waals surface area contributed by atoms with E-state index in [1.807, 2.05) is 25.1 Å². The Morgan fingerprint density at radius 2 is 2.14 bits per heavy atom. The van der Waals surface area contributed by atoms with Crippen LogP contribution in [0, 0.1) is 0 Å². The van der Waals surface area contributed by atoms with E-state index in [1.165, 1.54) is 6.08 Å². The SMILES string of the molecule is C/C(=C\C=O)c1ccc2c(c1)OCO2. The van der Waals surface area contributed by atoms with Gasteiger partial charge in [-0.1, -0.05) is 6.07 Å². The Hall–Kier alpha value is -1.77. The Kier molecular flexibility index (Phi) is 2.23. The molecule has 1 heterocycles. The molecule has 1 aliphatic heterocycles. The van der Waals surface area contributed by atoms with Crippen molar-refractivity contribution in [3.05, 3.63) is 29.8 Å². The first-order chi connectivity index (χ1) is 6.81. The van der Waals surface area contributed by atoms with Gasteiger partial charge in [0.25, 0.3) is 0 Å². The van der Waals surface area contributed by atoms with E-state index in [0.717, 1.165) is 28.9 Å². The fraction of sp³-hybridized carbons (Fsp3) is 0.182. The lowest BCUT2D eigenvalue weighted by molar-refractivity contribution is -0.104. The third-order valence-corrected chi connectivity index (χ3v) is 2.15. The molecule has 0 saturated carbocycles. The summed E-state index contributed by atoms with van der Waals surface area (Å²) >= 11 is 0. The number of aldehydes is 1. The predicted molar refractivity (Wildman–Crippen MR) is 52.3 cm³/mol. The van der Waals surface area contributed by atoms with Crippen LogP contribution in [-0.2, 0) is 4.79 Å². The summed E-state index contributed by atoms with van der Waals surface area (Å²) in [6.45, 7) is 2.15. The number of hydrogen-bond donors (Lipinski definition) is 0. The maximum Gasteiger partial charge on any atom is 0.231 e. The normalized spacial score (nSPS) is 14.2. The largest absolute Gasteiger partial charge is 0.454 e. The lowest BCUT2D eigenvalue weighted by Gasteiger charge is -2.01. The Morgan fingerprint density at radius 3 is 2.93 bits per heavy atom. The summed E-state index contributed by atoms with van der Waals surface area (Å²) in [5.74, 6) is 1.49. The molecule has 1 aromatic carbocycles. The Morgan fingerprint density at radius 1 is 1.36 bits per heavy atom. The molecule has 0 aliphatic carbocycles. The number of rotatable bonds is 2. The highest BCUT2D eigenvalue weighted by atomic mass is 16.7.